The monoisotopic (exact) mass is 258 g/mol. The molecule has 0 aliphatic rings. The Kier molecular flexibility index (Phi) is 3.65. The van der Waals surface area contributed by atoms with Crippen molar-refractivity contribution in [1.29, 1.82) is 0 Å². The van der Waals surface area contributed by atoms with Crippen molar-refractivity contribution in [3.63, 3.8) is 0 Å². The Bertz CT molecular complexity index is 601. The van der Waals surface area contributed by atoms with E-state index in [1.807, 2.05) is 24.3 Å². The van der Waals surface area contributed by atoms with E-state index in [2.05, 4.69) is 13.8 Å². The summed E-state index contributed by atoms with van der Waals surface area (Å²) < 4.78 is 13.8. The number of hydrogen-bond acceptors (Lipinski definition) is 1. The third-order valence-corrected chi connectivity index (χ3v) is 3.10. The zero-order valence-corrected chi connectivity index (χ0v) is 10.9. The molecule has 0 saturated heterocycles. The summed E-state index contributed by atoms with van der Waals surface area (Å²) in [7, 11) is 0. The first-order valence-corrected chi connectivity index (χ1v) is 6.12. The third-order valence-electron chi connectivity index (χ3n) is 3.10. The third kappa shape index (κ3) is 2.81. The summed E-state index contributed by atoms with van der Waals surface area (Å²) in [5, 5.41) is 8.94. The van der Waals surface area contributed by atoms with Crippen LogP contribution in [0.1, 0.15) is 35.7 Å². The van der Waals surface area contributed by atoms with Crippen LogP contribution in [0.2, 0.25) is 0 Å². The van der Waals surface area contributed by atoms with Crippen LogP contribution in [0.25, 0.3) is 11.1 Å². The lowest BCUT2D eigenvalue weighted by Gasteiger charge is -2.08. The molecule has 0 aliphatic carbocycles. The molecule has 0 aromatic heterocycles. The molecule has 2 rings (SSSR count). The van der Waals surface area contributed by atoms with E-state index in [0.717, 1.165) is 0 Å². The van der Waals surface area contributed by atoms with Gasteiger partial charge in [-0.3, -0.25) is 0 Å². The van der Waals surface area contributed by atoms with Gasteiger partial charge in [0.1, 0.15) is 5.82 Å². The number of aromatic carboxylic acids is 1. The van der Waals surface area contributed by atoms with E-state index in [9.17, 15) is 9.18 Å². The van der Waals surface area contributed by atoms with Gasteiger partial charge >= 0.3 is 5.97 Å². The maximum Gasteiger partial charge on any atom is 0.335 e. The van der Waals surface area contributed by atoms with Crippen molar-refractivity contribution < 1.29 is 14.3 Å². The van der Waals surface area contributed by atoms with Crippen molar-refractivity contribution in [2.24, 2.45) is 0 Å². The summed E-state index contributed by atoms with van der Waals surface area (Å²) in [5.41, 5.74) is 2.25. The smallest absolute Gasteiger partial charge is 0.335 e. The van der Waals surface area contributed by atoms with Gasteiger partial charge in [-0.1, -0.05) is 38.1 Å². The Hall–Kier alpha value is -2.16. The lowest BCUT2D eigenvalue weighted by Crippen LogP contribution is -1.97. The van der Waals surface area contributed by atoms with E-state index >= 15 is 0 Å². The molecule has 2 aromatic carbocycles. The zero-order valence-electron chi connectivity index (χ0n) is 10.9. The van der Waals surface area contributed by atoms with Crippen LogP contribution in [0.5, 0.6) is 0 Å². The molecule has 98 valence electrons. The number of halogens is 1. The van der Waals surface area contributed by atoms with E-state index in [0.29, 0.717) is 17.0 Å². The Labute approximate surface area is 111 Å². The van der Waals surface area contributed by atoms with Crippen LogP contribution in [0.4, 0.5) is 4.39 Å². The Balaban J connectivity index is 2.46. The van der Waals surface area contributed by atoms with Crippen molar-refractivity contribution in [3.8, 4) is 11.1 Å². The highest BCUT2D eigenvalue weighted by Gasteiger charge is 2.10. The van der Waals surface area contributed by atoms with Crippen molar-refractivity contribution in [2.75, 3.05) is 0 Å². The molecule has 0 unspecified atom stereocenters. The fourth-order valence-electron chi connectivity index (χ4n) is 1.93. The molecule has 0 atom stereocenters. The number of carboxylic acid groups (broad SMARTS) is 1. The van der Waals surface area contributed by atoms with E-state index in [-0.39, 0.29) is 5.56 Å². The number of rotatable bonds is 3. The highest BCUT2D eigenvalue weighted by Crippen LogP contribution is 2.26. The average molecular weight is 258 g/mol. The highest BCUT2D eigenvalue weighted by atomic mass is 19.1. The second-order valence-corrected chi connectivity index (χ2v) is 4.78. The first-order chi connectivity index (χ1) is 8.99. The SMILES string of the molecule is CC(C)c1ccc(-c2cc(C(=O)O)ccc2F)cc1. The maximum atomic E-state index is 13.8. The Morgan fingerprint density at radius 3 is 2.26 bits per heavy atom. The summed E-state index contributed by atoms with van der Waals surface area (Å²) >= 11 is 0. The molecule has 1 N–H and O–H groups in total. The molecule has 0 amide bonds. The van der Waals surface area contributed by atoms with Crippen molar-refractivity contribution >= 4 is 5.97 Å². The van der Waals surface area contributed by atoms with Crippen LogP contribution < -0.4 is 0 Å². The summed E-state index contributed by atoms with van der Waals surface area (Å²) in [5.74, 6) is -1.06. The second-order valence-electron chi connectivity index (χ2n) is 4.78. The average Bonchev–Trinajstić information content (AvgIpc) is 2.39. The fraction of sp³-hybridized carbons (Fsp3) is 0.188. The fourth-order valence-corrected chi connectivity index (χ4v) is 1.93. The Morgan fingerprint density at radius 1 is 1.11 bits per heavy atom. The predicted octanol–water partition coefficient (Wildman–Crippen LogP) is 4.31. The summed E-state index contributed by atoms with van der Waals surface area (Å²) in [6.07, 6.45) is 0. The van der Waals surface area contributed by atoms with Crippen LogP contribution in [-0.2, 0) is 0 Å². The van der Waals surface area contributed by atoms with Crippen molar-refractivity contribution in [3.05, 3.63) is 59.4 Å². The molecule has 3 heteroatoms. The van der Waals surface area contributed by atoms with Crippen LogP contribution in [0.15, 0.2) is 42.5 Å². The molecule has 0 bridgehead atoms. The van der Waals surface area contributed by atoms with Gasteiger partial charge in [0.05, 0.1) is 5.56 Å². The predicted molar refractivity (Wildman–Crippen MR) is 72.9 cm³/mol. The second kappa shape index (κ2) is 5.22. The first-order valence-electron chi connectivity index (χ1n) is 6.12. The molecule has 0 fully saturated rings. The molecule has 2 aromatic rings. The van der Waals surface area contributed by atoms with Gasteiger partial charge in [-0.25, -0.2) is 9.18 Å². The number of hydrogen-bond donors (Lipinski definition) is 1. The zero-order chi connectivity index (χ0) is 14.0. The molecule has 0 aliphatic heterocycles. The quantitative estimate of drug-likeness (QED) is 0.890. The largest absolute Gasteiger partial charge is 0.478 e. The van der Waals surface area contributed by atoms with E-state index in [4.69, 9.17) is 5.11 Å². The molecule has 19 heavy (non-hydrogen) atoms. The van der Waals surface area contributed by atoms with Crippen LogP contribution in [-0.4, -0.2) is 11.1 Å². The molecule has 0 radical (unpaired) electrons. The van der Waals surface area contributed by atoms with Gasteiger partial charge in [-0.15, -0.1) is 0 Å². The van der Waals surface area contributed by atoms with Gasteiger partial charge in [0, 0.05) is 5.56 Å². The van der Waals surface area contributed by atoms with Gasteiger partial charge in [0.15, 0.2) is 0 Å². The molecule has 0 saturated carbocycles. The van der Waals surface area contributed by atoms with E-state index in [1.165, 1.54) is 23.8 Å². The van der Waals surface area contributed by atoms with Gasteiger partial charge < -0.3 is 5.11 Å². The van der Waals surface area contributed by atoms with Gasteiger partial charge in [-0.2, -0.15) is 0 Å². The molecule has 0 heterocycles. The number of carbonyl (C=O) groups is 1. The van der Waals surface area contributed by atoms with Gasteiger partial charge in [0.25, 0.3) is 0 Å². The van der Waals surface area contributed by atoms with E-state index in [1.54, 1.807) is 0 Å². The highest BCUT2D eigenvalue weighted by molar-refractivity contribution is 5.89. The van der Waals surface area contributed by atoms with Crippen LogP contribution in [0, 0.1) is 5.82 Å². The molecule has 0 spiro atoms. The van der Waals surface area contributed by atoms with Gasteiger partial charge in [-0.05, 0) is 35.2 Å². The van der Waals surface area contributed by atoms with Crippen LogP contribution >= 0.6 is 0 Å². The lowest BCUT2D eigenvalue weighted by molar-refractivity contribution is 0.0697. The normalized spacial score (nSPS) is 10.7. The standard InChI is InChI=1S/C16H15FO2/c1-10(2)11-3-5-12(6-4-11)14-9-13(16(18)19)7-8-15(14)17/h3-10H,1-2H3,(H,18,19). The molecular formula is C16H15FO2. The minimum absolute atomic E-state index is 0.0873. The maximum absolute atomic E-state index is 13.8. The Morgan fingerprint density at radius 2 is 1.74 bits per heavy atom. The number of carboxylic acids is 1. The molecular weight excluding hydrogens is 243 g/mol. The summed E-state index contributed by atoms with van der Waals surface area (Å²) in [6, 6.07) is 11.3. The topological polar surface area (TPSA) is 37.3 Å². The minimum atomic E-state index is -1.06. The summed E-state index contributed by atoms with van der Waals surface area (Å²) in [6.45, 7) is 4.17. The van der Waals surface area contributed by atoms with Crippen molar-refractivity contribution in [2.45, 2.75) is 19.8 Å². The molecule has 2 nitrogen and oxygen atoms in total. The first kappa shape index (κ1) is 13.3. The summed E-state index contributed by atoms with van der Waals surface area (Å²) in [4.78, 5) is 10.9. The van der Waals surface area contributed by atoms with Crippen molar-refractivity contribution in [1.82, 2.24) is 0 Å². The van der Waals surface area contributed by atoms with Crippen LogP contribution in [0.3, 0.4) is 0 Å². The lowest BCUT2D eigenvalue weighted by atomic mass is 9.97. The number of benzene rings is 2. The minimum Gasteiger partial charge on any atom is -0.478 e. The van der Waals surface area contributed by atoms with E-state index < -0.39 is 11.8 Å². The van der Waals surface area contributed by atoms with Gasteiger partial charge in [0.2, 0.25) is 0 Å².